The SMILES string of the molecule is OC(c1ccc2c(c1)CCO2)c1cc(Br)cc2c1OCC2. The maximum absolute atomic E-state index is 10.8. The van der Waals surface area contributed by atoms with Gasteiger partial charge in [-0.1, -0.05) is 22.0 Å². The minimum Gasteiger partial charge on any atom is -0.493 e. The van der Waals surface area contributed by atoms with Crippen molar-refractivity contribution in [2.24, 2.45) is 0 Å². The van der Waals surface area contributed by atoms with Crippen LogP contribution in [0.3, 0.4) is 0 Å². The van der Waals surface area contributed by atoms with Gasteiger partial charge >= 0.3 is 0 Å². The average molecular weight is 347 g/mol. The molecule has 108 valence electrons. The monoisotopic (exact) mass is 346 g/mol. The first-order chi connectivity index (χ1) is 10.2. The molecule has 0 aromatic heterocycles. The molecule has 1 atom stereocenters. The van der Waals surface area contributed by atoms with Gasteiger partial charge in [-0.05, 0) is 41.0 Å². The Balaban J connectivity index is 1.77. The van der Waals surface area contributed by atoms with Gasteiger partial charge in [0, 0.05) is 22.9 Å². The second kappa shape index (κ2) is 5.04. The minimum absolute atomic E-state index is 0.680. The van der Waals surface area contributed by atoms with Crippen LogP contribution in [0.1, 0.15) is 28.4 Å². The van der Waals surface area contributed by atoms with E-state index in [-0.39, 0.29) is 0 Å². The predicted octanol–water partition coefficient (Wildman–Crippen LogP) is 3.40. The third-order valence-corrected chi connectivity index (χ3v) is 4.56. The van der Waals surface area contributed by atoms with E-state index in [1.807, 2.05) is 24.3 Å². The van der Waals surface area contributed by atoms with E-state index in [4.69, 9.17) is 9.47 Å². The number of aliphatic hydroxyl groups is 1. The van der Waals surface area contributed by atoms with Crippen molar-refractivity contribution in [3.05, 3.63) is 57.1 Å². The molecular weight excluding hydrogens is 332 g/mol. The molecule has 3 nitrogen and oxygen atoms in total. The molecule has 0 amide bonds. The normalized spacial score (nSPS) is 16.9. The smallest absolute Gasteiger partial charge is 0.128 e. The van der Waals surface area contributed by atoms with Gasteiger partial charge in [0.25, 0.3) is 0 Å². The van der Waals surface area contributed by atoms with Crippen molar-refractivity contribution in [3.63, 3.8) is 0 Å². The molecule has 0 fully saturated rings. The molecule has 0 aliphatic carbocycles. The maximum Gasteiger partial charge on any atom is 0.128 e. The zero-order valence-corrected chi connectivity index (χ0v) is 13.0. The fraction of sp³-hybridized carbons (Fsp3) is 0.294. The molecule has 0 saturated carbocycles. The first-order valence-corrected chi connectivity index (χ1v) is 7.90. The maximum atomic E-state index is 10.8. The van der Waals surface area contributed by atoms with Crippen LogP contribution in [0.25, 0.3) is 0 Å². The van der Waals surface area contributed by atoms with Crippen LogP contribution in [0.5, 0.6) is 11.5 Å². The van der Waals surface area contributed by atoms with Crippen LogP contribution >= 0.6 is 15.9 Å². The summed E-state index contributed by atoms with van der Waals surface area (Å²) in [4.78, 5) is 0. The van der Waals surface area contributed by atoms with Crippen molar-refractivity contribution in [2.45, 2.75) is 18.9 Å². The summed E-state index contributed by atoms with van der Waals surface area (Å²) < 4.78 is 12.2. The standard InChI is InChI=1S/C17H15BrO3/c18-13-8-12-4-6-21-17(12)14(9-13)16(19)11-1-2-15-10(7-11)3-5-20-15/h1-2,7-9,16,19H,3-6H2. The Hall–Kier alpha value is -1.52. The highest BCUT2D eigenvalue weighted by Crippen LogP contribution is 2.39. The molecule has 0 spiro atoms. The topological polar surface area (TPSA) is 38.7 Å². The van der Waals surface area contributed by atoms with Crippen LogP contribution in [-0.2, 0) is 12.8 Å². The molecule has 1 unspecified atom stereocenters. The number of ether oxygens (including phenoxy) is 2. The summed E-state index contributed by atoms with van der Waals surface area (Å²) in [6.45, 7) is 1.41. The second-order valence-electron chi connectivity index (χ2n) is 5.45. The van der Waals surface area contributed by atoms with Gasteiger partial charge in [0.15, 0.2) is 0 Å². The lowest BCUT2D eigenvalue weighted by atomic mass is 9.96. The van der Waals surface area contributed by atoms with E-state index >= 15 is 0 Å². The van der Waals surface area contributed by atoms with Gasteiger partial charge in [-0.3, -0.25) is 0 Å². The van der Waals surface area contributed by atoms with Crippen molar-refractivity contribution in [3.8, 4) is 11.5 Å². The van der Waals surface area contributed by atoms with Crippen LogP contribution in [0, 0.1) is 0 Å². The first-order valence-electron chi connectivity index (χ1n) is 7.11. The van der Waals surface area contributed by atoms with E-state index in [0.29, 0.717) is 6.61 Å². The molecule has 4 heteroatoms. The molecule has 0 saturated heterocycles. The molecule has 4 rings (SSSR count). The third-order valence-electron chi connectivity index (χ3n) is 4.10. The van der Waals surface area contributed by atoms with Crippen LogP contribution in [0.2, 0.25) is 0 Å². The van der Waals surface area contributed by atoms with Gasteiger partial charge in [0.2, 0.25) is 0 Å². The van der Waals surface area contributed by atoms with E-state index in [1.165, 1.54) is 5.56 Å². The average Bonchev–Trinajstić information content (AvgIpc) is 3.12. The zero-order chi connectivity index (χ0) is 14.4. The molecule has 21 heavy (non-hydrogen) atoms. The number of hydrogen-bond donors (Lipinski definition) is 1. The zero-order valence-electron chi connectivity index (χ0n) is 11.4. The van der Waals surface area contributed by atoms with Crippen molar-refractivity contribution >= 4 is 15.9 Å². The fourth-order valence-corrected chi connectivity index (χ4v) is 3.58. The van der Waals surface area contributed by atoms with Crippen molar-refractivity contribution in [2.75, 3.05) is 13.2 Å². The summed E-state index contributed by atoms with van der Waals surface area (Å²) in [7, 11) is 0. The van der Waals surface area contributed by atoms with E-state index < -0.39 is 6.10 Å². The number of benzene rings is 2. The molecule has 2 aromatic rings. The third kappa shape index (κ3) is 2.23. The predicted molar refractivity (Wildman–Crippen MR) is 83.0 cm³/mol. The molecule has 1 N–H and O–H groups in total. The van der Waals surface area contributed by atoms with Gasteiger partial charge in [-0.2, -0.15) is 0 Å². The molecule has 2 aliphatic heterocycles. The van der Waals surface area contributed by atoms with E-state index in [1.54, 1.807) is 0 Å². The van der Waals surface area contributed by atoms with Crippen molar-refractivity contribution < 1.29 is 14.6 Å². The second-order valence-corrected chi connectivity index (χ2v) is 6.37. The Kier molecular flexibility index (Phi) is 3.16. The summed E-state index contributed by atoms with van der Waals surface area (Å²) in [6.07, 6.45) is 1.12. The number of halogens is 1. The van der Waals surface area contributed by atoms with Crippen LogP contribution in [0.15, 0.2) is 34.8 Å². The van der Waals surface area contributed by atoms with Crippen molar-refractivity contribution in [1.29, 1.82) is 0 Å². The Morgan fingerprint density at radius 3 is 2.71 bits per heavy atom. The van der Waals surface area contributed by atoms with Crippen LogP contribution < -0.4 is 9.47 Å². The van der Waals surface area contributed by atoms with E-state index in [9.17, 15) is 5.11 Å². The number of hydrogen-bond acceptors (Lipinski definition) is 3. The molecule has 2 aliphatic rings. The summed E-state index contributed by atoms with van der Waals surface area (Å²) >= 11 is 3.52. The van der Waals surface area contributed by atoms with E-state index in [0.717, 1.165) is 52.1 Å². The quantitative estimate of drug-likeness (QED) is 0.905. The summed E-state index contributed by atoms with van der Waals surface area (Å²) in [6, 6.07) is 9.92. The summed E-state index contributed by atoms with van der Waals surface area (Å²) in [5.41, 5.74) is 4.04. The summed E-state index contributed by atoms with van der Waals surface area (Å²) in [5.74, 6) is 1.77. The van der Waals surface area contributed by atoms with Gasteiger partial charge in [0.05, 0.1) is 13.2 Å². The Bertz CT molecular complexity index is 711. The number of aliphatic hydroxyl groups excluding tert-OH is 1. The largest absolute Gasteiger partial charge is 0.493 e. The molecule has 0 bridgehead atoms. The Morgan fingerprint density at radius 1 is 1.00 bits per heavy atom. The van der Waals surface area contributed by atoms with Gasteiger partial charge in [-0.25, -0.2) is 0 Å². The fourth-order valence-electron chi connectivity index (χ4n) is 3.06. The van der Waals surface area contributed by atoms with E-state index in [2.05, 4.69) is 22.0 Å². The Morgan fingerprint density at radius 2 is 1.81 bits per heavy atom. The van der Waals surface area contributed by atoms with Gasteiger partial charge in [0.1, 0.15) is 17.6 Å². The van der Waals surface area contributed by atoms with Crippen molar-refractivity contribution in [1.82, 2.24) is 0 Å². The molecule has 2 heterocycles. The van der Waals surface area contributed by atoms with Gasteiger partial charge in [-0.15, -0.1) is 0 Å². The first kappa shape index (κ1) is 13.2. The highest BCUT2D eigenvalue weighted by atomic mass is 79.9. The molecule has 2 aromatic carbocycles. The number of fused-ring (bicyclic) bond motifs is 2. The van der Waals surface area contributed by atoms with Crippen LogP contribution in [0.4, 0.5) is 0 Å². The highest BCUT2D eigenvalue weighted by Gasteiger charge is 2.24. The lowest BCUT2D eigenvalue weighted by molar-refractivity contribution is 0.213. The number of rotatable bonds is 2. The summed E-state index contributed by atoms with van der Waals surface area (Å²) in [5, 5.41) is 10.8. The highest BCUT2D eigenvalue weighted by molar-refractivity contribution is 9.10. The van der Waals surface area contributed by atoms with Crippen LogP contribution in [-0.4, -0.2) is 18.3 Å². The Labute approximate surface area is 131 Å². The molecule has 0 radical (unpaired) electrons. The lowest BCUT2D eigenvalue weighted by Crippen LogP contribution is -2.03. The van der Waals surface area contributed by atoms with Gasteiger partial charge < -0.3 is 14.6 Å². The minimum atomic E-state index is -0.680. The molecular formula is C17H15BrO3. The lowest BCUT2D eigenvalue weighted by Gasteiger charge is -2.16.